The van der Waals surface area contributed by atoms with Gasteiger partial charge in [0.1, 0.15) is 6.61 Å². The van der Waals surface area contributed by atoms with E-state index in [0.717, 1.165) is 0 Å². The van der Waals surface area contributed by atoms with Gasteiger partial charge in [0.2, 0.25) is 10.0 Å². The van der Waals surface area contributed by atoms with Crippen LogP contribution in [0.1, 0.15) is 5.56 Å². The molecule has 0 saturated heterocycles. The summed E-state index contributed by atoms with van der Waals surface area (Å²) in [4.78, 5) is 11.3. The van der Waals surface area contributed by atoms with Crippen LogP contribution in [0.4, 0.5) is 0 Å². The molecule has 1 aromatic rings. The number of hydrogen-bond acceptors (Lipinski definition) is 4. The van der Waals surface area contributed by atoms with Crippen molar-refractivity contribution in [1.29, 1.82) is 0 Å². The van der Waals surface area contributed by atoms with Gasteiger partial charge in [0.15, 0.2) is 5.78 Å². The quantitative estimate of drug-likeness (QED) is 0.794. The monoisotopic (exact) mass is 243 g/mol. The van der Waals surface area contributed by atoms with Crippen LogP contribution >= 0.6 is 0 Å². The predicted molar refractivity (Wildman–Crippen MR) is 58.4 cm³/mol. The van der Waals surface area contributed by atoms with Gasteiger partial charge in [-0.2, -0.15) is 0 Å². The number of Topliss-reactive ketones (excluding diaryl/α,β-unsaturated/α-hetero) is 1. The van der Waals surface area contributed by atoms with Crippen molar-refractivity contribution in [2.24, 2.45) is 5.14 Å². The lowest BCUT2D eigenvalue weighted by Gasteiger charge is -2.06. The van der Waals surface area contributed by atoms with Crippen molar-refractivity contribution in [2.75, 3.05) is 13.7 Å². The number of carbonyl (C=O) groups excluding carboxylic acids is 1. The van der Waals surface area contributed by atoms with Gasteiger partial charge in [0.25, 0.3) is 0 Å². The van der Waals surface area contributed by atoms with Crippen molar-refractivity contribution < 1.29 is 17.9 Å². The van der Waals surface area contributed by atoms with Crippen LogP contribution in [0.3, 0.4) is 0 Å². The third kappa shape index (κ3) is 3.41. The van der Waals surface area contributed by atoms with Gasteiger partial charge in [-0.05, 0) is 11.6 Å². The van der Waals surface area contributed by atoms with Crippen molar-refractivity contribution in [3.05, 3.63) is 29.8 Å². The van der Waals surface area contributed by atoms with E-state index in [4.69, 9.17) is 5.14 Å². The van der Waals surface area contributed by atoms with E-state index in [1.165, 1.54) is 13.2 Å². The summed E-state index contributed by atoms with van der Waals surface area (Å²) in [6.45, 7) is -0.0427. The minimum absolute atomic E-state index is 0.000440. The van der Waals surface area contributed by atoms with Crippen molar-refractivity contribution in [3.8, 4) is 0 Å². The zero-order chi connectivity index (χ0) is 12.2. The third-order valence-corrected chi connectivity index (χ3v) is 2.98. The number of nitrogens with two attached hydrogens (primary N) is 1. The molecule has 5 nitrogen and oxygen atoms in total. The average molecular weight is 243 g/mol. The molecule has 0 aliphatic heterocycles. The van der Waals surface area contributed by atoms with Gasteiger partial charge < -0.3 is 4.74 Å². The smallest absolute Gasteiger partial charge is 0.238 e. The van der Waals surface area contributed by atoms with E-state index in [9.17, 15) is 13.2 Å². The van der Waals surface area contributed by atoms with Crippen LogP contribution in [-0.4, -0.2) is 27.9 Å². The van der Waals surface area contributed by atoms with Crippen molar-refractivity contribution in [3.63, 3.8) is 0 Å². The minimum Gasteiger partial charge on any atom is -0.377 e. The molecule has 0 unspecified atom stereocenters. The Morgan fingerprint density at radius 2 is 2.00 bits per heavy atom. The molecule has 0 aliphatic rings. The molecule has 0 radical (unpaired) electrons. The van der Waals surface area contributed by atoms with Crippen molar-refractivity contribution >= 4 is 15.8 Å². The van der Waals surface area contributed by atoms with Crippen LogP contribution in [-0.2, 0) is 26.0 Å². The van der Waals surface area contributed by atoms with Crippen LogP contribution < -0.4 is 5.14 Å². The highest BCUT2D eigenvalue weighted by Crippen LogP contribution is 2.14. The molecule has 0 spiro atoms. The second-order valence-electron chi connectivity index (χ2n) is 3.30. The fourth-order valence-electron chi connectivity index (χ4n) is 1.35. The standard InChI is InChI=1S/C10H13NO4S/c1-15-7-9(12)6-8-4-2-3-5-10(8)16(11,13)14/h2-5H,6-7H2,1H3,(H2,11,13,14). The van der Waals surface area contributed by atoms with Crippen molar-refractivity contribution in [1.82, 2.24) is 0 Å². The molecule has 0 atom stereocenters. The number of ether oxygens (including phenoxy) is 1. The molecule has 0 aliphatic carbocycles. The first-order valence-corrected chi connectivity index (χ1v) is 6.11. The lowest BCUT2D eigenvalue weighted by molar-refractivity contribution is -0.122. The molecule has 0 bridgehead atoms. The van der Waals surface area contributed by atoms with Crippen LogP contribution in [0.2, 0.25) is 0 Å². The van der Waals surface area contributed by atoms with Crippen molar-refractivity contribution in [2.45, 2.75) is 11.3 Å². The molecule has 88 valence electrons. The van der Waals surface area contributed by atoms with Crippen LogP contribution in [0.15, 0.2) is 29.2 Å². The number of hydrogen-bond donors (Lipinski definition) is 1. The highest BCUT2D eigenvalue weighted by molar-refractivity contribution is 7.89. The molecule has 6 heteroatoms. The van der Waals surface area contributed by atoms with E-state index in [1.807, 2.05) is 0 Å². The zero-order valence-electron chi connectivity index (χ0n) is 8.84. The highest BCUT2D eigenvalue weighted by atomic mass is 32.2. The Balaban J connectivity index is 3.01. The summed E-state index contributed by atoms with van der Waals surface area (Å²) in [5, 5.41) is 5.04. The largest absolute Gasteiger partial charge is 0.377 e. The van der Waals surface area contributed by atoms with E-state index in [2.05, 4.69) is 4.74 Å². The van der Waals surface area contributed by atoms with Crippen LogP contribution in [0, 0.1) is 0 Å². The summed E-state index contributed by atoms with van der Waals surface area (Å²) in [5.41, 5.74) is 0.395. The normalized spacial score (nSPS) is 11.4. The fourth-order valence-corrected chi connectivity index (χ4v) is 2.13. The summed E-state index contributed by atoms with van der Waals surface area (Å²) < 4.78 is 27.1. The van der Waals surface area contributed by atoms with Gasteiger partial charge in [-0.15, -0.1) is 0 Å². The minimum atomic E-state index is -3.79. The van der Waals surface area contributed by atoms with E-state index in [0.29, 0.717) is 5.56 Å². The summed E-state index contributed by atoms with van der Waals surface area (Å²) in [6.07, 6.45) is 0.000440. The van der Waals surface area contributed by atoms with Gasteiger partial charge in [-0.25, -0.2) is 13.6 Å². The topological polar surface area (TPSA) is 86.5 Å². The van der Waals surface area contributed by atoms with Crippen LogP contribution in [0.25, 0.3) is 0 Å². The Labute approximate surface area is 94.3 Å². The fraction of sp³-hybridized carbons (Fsp3) is 0.300. The maximum absolute atomic E-state index is 11.3. The molecule has 0 fully saturated rings. The zero-order valence-corrected chi connectivity index (χ0v) is 9.66. The van der Waals surface area contributed by atoms with Gasteiger partial charge in [-0.1, -0.05) is 18.2 Å². The first-order valence-electron chi connectivity index (χ1n) is 4.56. The van der Waals surface area contributed by atoms with E-state index in [1.54, 1.807) is 18.2 Å². The summed E-state index contributed by atoms with van der Waals surface area (Å²) in [7, 11) is -2.38. The number of sulfonamides is 1. The number of ketones is 1. The highest BCUT2D eigenvalue weighted by Gasteiger charge is 2.15. The Morgan fingerprint density at radius 3 is 2.56 bits per heavy atom. The molecular weight excluding hydrogens is 230 g/mol. The summed E-state index contributed by atoms with van der Waals surface area (Å²) in [6, 6.07) is 6.16. The third-order valence-electron chi connectivity index (χ3n) is 1.97. The molecule has 0 amide bonds. The number of carbonyl (C=O) groups is 1. The van der Waals surface area contributed by atoms with Gasteiger partial charge >= 0.3 is 0 Å². The lowest BCUT2D eigenvalue weighted by Crippen LogP contribution is -2.17. The Morgan fingerprint density at radius 1 is 1.38 bits per heavy atom. The molecule has 0 heterocycles. The summed E-state index contributed by atoms with van der Waals surface area (Å²) in [5.74, 6) is -0.196. The number of rotatable bonds is 5. The SMILES string of the molecule is COCC(=O)Cc1ccccc1S(N)(=O)=O. The number of primary sulfonamides is 1. The molecular formula is C10H13NO4S. The predicted octanol–water partition coefficient (Wildman–Crippen LogP) is 0.0920. The van der Waals surface area contributed by atoms with Gasteiger partial charge in [-0.3, -0.25) is 4.79 Å². The Kier molecular flexibility index (Phi) is 4.17. The maximum atomic E-state index is 11.3. The van der Waals surface area contributed by atoms with E-state index < -0.39 is 10.0 Å². The number of methoxy groups -OCH3 is 1. The first-order chi connectivity index (χ1) is 7.45. The lowest BCUT2D eigenvalue weighted by atomic mass is 10.1. The second kappa shape index (κ2) is 5.20. The maximum Gasteiger partial charge on any atom is 0.238 e. The number of benzene rings is 1. The molecule has 1 rings (SSSR count). The molecule has 16 heavy (non-hydrogen) atoms. The van der Waals surface area contributed by atoms with Gasteiger partial charge in [0, 0.05) is 13.5 Å². The Bertz CT molecular complexity index is 481. The molecule has 0 aromatic heterocycles. The van der Waals surface area contributed by atoms with Crippen LogP contribution in [0.5, 0.6) is 0 Å². The Hall–Kier alpha value is -1.24. The van der Waals surface area contributed by atoms with Gasteiger partial charge in [0.05, 0.1) is 4.90 Å². The average Bonchev–Trinajstić information content (AvgIpc) is 2.17. The first kappa shape index (κ1) is 12.8. The second-order valence-corrected chi connectivity index (χ2v) is 4.83. The molecule has 0 saturated carbocycles. The molecule has 2 N–H and O–H groups in total. The van der Waals surface area contributed by atoms with E-state index >= 15 is 0 Å². The molecule has 1 aromatic carbocycles. The van der Waals surface area contributed by atoms with E-state index in [-0.39, 0.29) is 23.7 Å². The summed E-state index contributed by atoms with van der Waals surface area (Å²) >= 11 is 0.